The van der Waals surface area contributed by atoms with Crippen LogP contribution < -0.4 is 10.1 Å². The van der Waals surface area contributed by atoms with E-state index in [0.717, 1.165) is 34.7 Å². The number of anilines is 2. The molecular formula is C25H21N5O. The minimum absolute atomic E-state index is 0.496. The van der Waals surface area contributed by atoms with Crippen LogP contribution >= 0.6 is 0 Å². The summed E-state index contributed by atoms with van der Waals surface area (Å²) in [5.41, 5.74) is 4.49. The van der Waals surface area contributed by atoms with Gasteiger partial charge in [0.1, 0.15) is 11.4 Å². The third kappa shape index (κ3) is 4.62. The Hall–Kier alpha value is -4.37. The first-order chi connectivity index (χ1) is 15.3. The van der Waals surface area contributed by atoms with Gasteiger partial charge >= 0.3 is 0 Å². The van der Waals surface area contributed by atoms with E-state index < -0.39 is 0 Å². The summed E-state index contributed by atoms with van der Waals surface area (Å²) in [4.78, 5) is 9.29. The third-order valence-electron chi connectivity index (χ3n) is 4.65. The lowest BCUT2D eigenvalue weighted by molar-refractivity contribution is 0.415. The van der Waals surface area contributed by atoms with Gasteiger partial charge < -0.3 is 10.1 Å². The molecule has 0 aliphatic carbocycles. The summed E-state index contributed by atoms with van der Waals surface area (Å²) in [6.45, 7) is 0. The van der Waals surface area contributed by atoms with Crippen molar-refractivity contribution < 1.29 is 4.74 Å². The minimum Gasteiger partial charge on any atom is -0.497 e. The highest BCUT2D eigenvalue weighted by molar-refractivity contribution is 5.77. The predicted octanol–water partition coefficient (Wildman–Crippen LogP) is 4.83. The Morgan fingerprint density at radius 3 is 2.77 bits per heavy atom. The number of hydrogen-bond donors (Lipinski definition) is 1. The molecule has 6 nitrogen and oxygen atoms in total. The van der Waals surface area contributed by atoms with Gasteiger partial charge in [0.15, 0.2) is 5.65 Å². The van der Waals surface area contributed by atoms with Crippen molar-refractivity contribution in [3.8, 4) is 29.4 Å². The average Bonchev–Trinajstić information content (AvgIpc) is 3.22. The Kier molecular flexibility index (Phi) is 6.05. The largest absolute Gasteiger partial charge is 0.497 e. The number of terminal acetylenes is 1. The van der Waals surface area contributed by atoms with E-state index in [9.17, 15) is 0 Å². The molecule has 0 saturated carbocycles. The normalized spacial score (nSPS) is 11.2. The molecule has 6 heteroatoms. The van der Waals surface area contributed by atoms with Crippen molar-refractivity contribution in [2.75, 3.05) is 12.4 Å². The van der Waals surface area contributed by atoms with Crippen molar-refractivity contribution >= 4 is 17.3 Å². The van der Waals surface area contributed by atoms with E-state index in [4.69, 9.17) is 11.2 Å². The van der Waals surface area contributed by atoms with Gasteiger partial charge in [0, 0.05) is 23.6 Å². The van der Waals surface area contributed by atoms with Crippen LogP contribution in [-0.2, 0) is 6.42 Å². The van der Waals surface area contributed by atoms with Gasteiger partial charge in [-0.2, -0.15) is 4.98 Å². The molecule has 0 saturated heterocycles. The van der Waals surface area contributed by atoms with E-state index in [2.05, 4.69) is 38.4 Å². The Balaban J connectivity index is 1.65. The molecule has 0 aliphatic rings. The first-order valence-electron chi connectivity index (χ1n) is 9.77. The highest BCUT2D eigenvalue weighted by atomic mass is 16.5. The van der Waals surface area contributed by atoms with Crippen LogP contribution in [0, 0.1) is 12.3 Å². The van der Waals surface area contributed by atoms with Crippen LogP contribution in [0.5, 0.6) is 5.75 Å². The van der Waals surface area contributed by atoms with Crippen LogP contribution in [0.4, 0.5) is 11.6 Å². The number of methoxy groups -OCH3 is 1. The fourth-order valence-electron chi connectivity index (χ4n) is 3.18. The van der Waals surface area contributed by atoms with Gasteiger partial charge in [-0.05, 0) is 42.3 Å². The van der Waals surface area contributed by atoms with Crippen LogP contribution in [-0.4, -0.2) is 26.7 Å². The van der Waals surface area contributed by atoms with Gasteiger partial charge in [-0.25, -0.2) is 4.52 Å². The number of nitrogens with zero attached hydrogens (tertiary/aromatic N) is 4. The summed E-state index contributed by atoms with van der Waals surface area (Å²) < 4.78 is 6.93. The molecule has 4 rings (SSSR count). The second-order valence-electron chi connectivity index (χ2n) is 6.65. The Labute approximate surface area is 180 Å². The van der Waals surface area contributed by atoms with Crippen LogP contribution in [0.3, 0.4) is 0 Å². The monoisotopic (exact) mass is 407 g/mol. The second kappa shape index (κ2) is 9.42. The van der Waals surface area contributed by atoms with Crippen molar-refractivity contribution in [2.45, 2.75) is 6.42 Å². The van der Waals surface area contributed by atoms with Gasteiger partial charge in [-0.3, -0.25) is 4.98 Å². The van der Waals surface area contributed by atoms with E-state index in [1.54, 1.807) is 30.1 Å². The fraction of sp³-hybridized carbons (Fsp3) is 0.0800. The van der Waals surface area contributed by atoms with Gasteiger partial charge in [0.05, 0.1) is 7.11 Å². The Morgan fingerprint density at radius 2 is 1.97 bits per heavy atom. The molecule has 0 fully saturated rings. The van der Waals surface area contributed by atoms with Gasteiger partial charge in [-0.1, -0.05) is 48.4 Å². The Morgan fingerprint density at radius 1 is 1.13 bits per heavy atom. The number of benzene rings is 2. The molecule has 0 radical (unpaired) electrons. The molecule has 0 atom stereocenters. The molecule has 1 N–H and O–H groups in total. The smallest absolute Gasteiger partial charge is 0.247 e. The molecule has 0 spiro atoms. The van der Waals surface area contributed by atoms with Gasteiger partial charge in [-0.15, -0.1) is 11.5 Å². The van der Waals surface area contributed by atoms with Crippen LogP contribution in [0.15, 0.2) is 85.2 Å². The molecule has 2 aromatic carbocycles. The molecule has 0 aliphatic heterocycles. The molecule has 2 aromatic heterocycles. The van der Waals surface area contributed by atoms with Crippen molar-refractivity contribution in [1.82, 2.24) is 19.6 Å². The lowest BCUT2D eigenvalue weighted by atomic mass is 10.0. The topological polar surface area (TPSA) is 64.3 Å². The zero-order valence-corrected chi connectivity index (χ0v) is 17.1. The summed E-state index contributed by atoms with van der Waals surface area (Å²) in [7, 11) is 1.64. The molecule has 0 unspecified atom stereocenters. The number of fused-ring (bicyclic) bond motifs is 1. The van der Waals surface area contributed by atoms with Crippen LogP contribution in [0.2, 0.25) is 0 Å². The second-order valence-corrected chi connectivity index (χ2v) is 6.65. The first kappa shape index (κ1) is 19.9. The maximum atomic E-state index is 5.23. The number of hydrogen-bond acceptors (Lipinski definition) is 5. The van der Waals surface area contributed by atoms with E-state index in [-0.39, 0.29) is 0 Å². The molecule has 0 bridgehead atoms. The number of rotatable bonds is 7. The Bertz CT molecular complexity index is 1280. The average molecular weight is 407 g/mol. The maximum Gasteiger partial charge on any atom is 0.247 e. The molecular weight excluding hydrogens is 386 g/mol. The van der Waals surface area contributed by atoms with Crippen molar-refractivity contribution in [1.29, 1.82) is 0 Å². The zero-order chi connectivity index (χ0) is 21.5. The van der Waals surface area contributed by atoms with Crippen LogP contribution in [0.25, 0.3) is 16.9 Å². The summed E-state index contributed by atoms with van der Waals surface area (Å²) >= 11 is 0. The molecule has 152 valence electrons. The number of allylic oxidation sites excluding steroid dienone is 4. The molecule has 31 heavy (non-hydrogen) atoms. The van der Waals surface area contributed by atoms with E-state index in [1.165, 1.54) is 0 Å². The quantitative estimate of drug-likeness (QED) is 0.351. The van der Waals surface area contributed by atoms with Crippen molar-refractivity contribution in [2.24, 2.45) is 0 Å². The number of aromatic nitrogens is 4. The highest BCUT2D eigenvalue weighted by Crippen LogP contribution is 2.27. The third-order valence-corrected chi connectivity index (χ3v) is 4.65. The first-order valence-corrected chi connectivity index (χ1v) is 9.77. The standard InChI is InChI=1S/C25H21N5O/c1-3-4-5-6-7-10-19-11-8-9-12-22(19)23-24-28-25(29-30(24)18-17-26-23)27-20-13-15-21(31-2)16-14-20/h1,4-9,11-18H,10H2,2H3,(H,27,29)/b5-4-,7-6-. The van der Waals surface area contributed by atoms with Gasteiger partial charge in [0.25, 0.3) is 0 Å². The molecule has 4 aromatic rings. The summed E-state index contributed by atoms with van der Waals surface area (Å²) in [5, 5.41) is 7.77. The lowest BCUT2D eigenvalue weighted by Gasteiger charge is -2.07. The van der Waals surface area contributed by atoms with Crippen molar-refractivity contribution in [3.05, 3.63) is 90.8 Å². The SMILES string of the molecule is C#C/C=C\C=C/Cc1ccccc1-c1nccn2nc(Nc3ccc(OC)cc3)nc12. The summed E-state index contributed by atoms with van der Waals surface area (Å²) in [5.74, 6) is 3.77. The van der Waals surface area contributed by atoms with E-state index in [1.807, 2.05) is 54.6 Å². The van der Waals surface area contributed by atoms with Gasteiger partial charge in [0.2, 0.25) is 5.95 Å². The lowest BCUT2D eigenvalue weighted by Crippen LogP contribution is -1.96. The number of nitrogens with one attached hydrogen (secondary N) is 1. The molecule has 2 heterocycles. The highest BCUT2D eigenvalue weighted by Gasteiger charge is 2.13. The summed E-state index contributed by atoms with van der Waals surface area (Å²) in [6.07, 6.45) is 17.0. The van der Waals surface area contributed by atoms with E-state index >= 15 is 0 Å². The predicted molar refractivity (Wildman–Crippen MR) is 123 cm³/mol. The number of ether oxygens (including phenoxy) is 1. The van der Waals surface area contributed by atoms with Crippen molar-refractivity contribution in [3.63, 3.8) is 0 Å². The van der Waals surface area contributed by atoms with Crippen LogP contribution in [0.1, 0.15) is 5.56 Å². The zero-order valence-electron chi connectivity index (χ0n) is 17.1. The molecule has 0 amide bonds. The maximum absolute atomic E-state index is 5.23. The summed E-state index contributed by atoms with van der Waals surface area (Å²) in [6, 6.07) is 15.8. The fourth-order valence-corrected chi connectivity index (χ4v) is 3.18. The minimum atomic E-state index is 0.496. The van der Waals surface area contributed by atoms with E-state index in [0.29, 0.717) is 11.6 Å².